The molecule has 1 amide bonds. The SMILES string of the molecule is CS(=O)(=NC(=O)c1ccccc1Br)c1ccccc1. The van der Waals surface area contributed by atoms with Gasteiger partial charge in [0, 0.05) is 15.6 Å². The molecule has 2 rings (SSSR count). The van der Waals surface area contributed by atoms with Crippen molar-refractivity contribution in [2.75, 3.05) is 6.26 Å². The Labute approximate surface area is 121 Å². The summed E-state index contributed by atoms with van der Waals surface area (Å²) in [6.07, 6.45) is 1.47. The van der Waals surface area contributed by atoms with Gasteiger partial charge in [0.1, 0.15) is 0 Å². The van der Waals surface area contributed by atoms with Crippen LogP contribution in [0.4, 0.5) is 0 Å². The third kappa shape index (κ3) is 3.30. The maximum absolute atomic E-state index is 12.5. The molecule has 0 saturated carbocycles. The van der Waals surface area contributed by atoms with Gasteiger partial charge in [-0.05, 0) is 40.2 Å². The first-order valence-corrected chi connectivity index (χ1v) is 8.28. The van der Waals surface area contributed by atoms with Crippen molar-refractivity contribution in [3.8, 4) is 0 Å². The first kappa shape index (κ1) is 14.0. The normalized spacial score (nSPS) is 13.6. The Kier molecular flexibility index (Phi) is 4.17. The Morgan fingerprint density at radius 3 is 2.26 bits per heavy atom. The molecular weight excluding hydrogens is 326 g/mol. The van der Waals surface area contributed by atoms with E-state index in [9.17, 15) is 9.00 Å². The number of benzene rings is 2. The molecule has 0 aliphatic heterocycles. The predicted octanol–water partition coefficient (Wildman–Crippen LogP) is 3.75. The molecule has 0 saturated heterocycles. The average Bonchev–Trinajstić information content (AvgIpc) is 2.39. The molecule has 0 heterocycles. The second kappa shape index (κ2) is 5.67. The van der Waals surface area contributed by atoms with Crippen LogP contribution in [0.2, 0.25) is 0 Å². The van der Waals surface area contributed by atoms with Gasteiger partial charge in [-0.25, -0.2) is 4.21 Å². The topological polar surface area (TPSA) is 46.5 Å². The van der Waals surface area contributed by atoms with E-state index < -0.39 is 15.6 Å². The molecule has 2 aromatic carbocycles. The lowest BCUT2D eigenvalue weighted by Crippen LogP contribution is -2.04. The van der Waals surface area contributed by atoms with Crippen molar-refractivity contribution in [1.82, 2.24) is 0 Å². The number of rotatable bonds is 2. The third-order valence-corrected chi connectivity index (χ3v) is 4.89. The summed E-state index contributed by atoms with van der Waals surface area (Å²) in [5.41, 5.74) is 0.410. The standard InChI is InChI=1S/C14H12BrNO2S/c1-19(18,11-7-3-2-4-8-11)16-14(17)12-9-5-6-10-13(12)15/h2-10H,1H3. The average molecular weight is 338 g/mol. The van der Waals surface area contributed by atoms with Crippen molar-refractivity contribution in [2.45, 2.75) is 4.90 Å². The predicted molar refractivity (Wildman–Crippen MR) is 79.7 cm³/mol. The fraction of sp³-hybridized carbons (Fsp3) is 0.0714. The molecule has 0 N–H and O–H groups in total. The van der Waals surface area contributed by atoms with Crippen LogP contribution in [0, 0.1) is 0 Å². The van der Waals surface area contributed by atoms with E-state index in [1.165, 1.54) is 6.26 Å². The lowest BCUT2D eigenvalue weighted by Gasteiger charge is -2.04. The van der Waals surface area contributed by atoms with Gasteiger partial charge in [0.25, 0.3) is 5.91 Å². The van der Waals surface area contributed by atoms with Crippen molar-refractivity contribution < 1.29 is 9.00 Å². The van der Waals surface area contributed by atoms with Crippen molar-refractivity contribution in [1.29, 1.82) is 0 Å². The number of halogens is 1. The summed E-state index contributed by atoms with van der Waals surface area (Å²) >= 11 is 3.29. The van der Waals surface area contributed by atoms with Crippen molar-refractivity contribution in [3.05, 3.63) is 64.6 Å². The minimum atomic E-state index is -2.72. The van der Waals surface area contributed by atoms with Gasteiger partial charge in [-0.1, -0.05) is 30.3 Å². The number of hydrogen-bond acceptors (Lipinski definition) is 2. The number of hydrogen-bond donors (Lipinski definition) is 0. The molecule has 1 unspecified atom stereocenters. The zero-order valence-corrected chi connectivity index (χ0v) is 12.6. The lowest BCUT2D eigenvalue weighted by atomic mass is 10.2. The molecule has 19 heavy (non-hydrogen) atoms. The van der Waals surface area contributed by atoms with Crippen LogP contribution in [0.15, 0.2) is 68.3 Å². The number of amides is 1. The highest BCUT2D eigenvalue weighted by atomic mass is 79.9. The van der Waals surface area contributed by atoms with Gasteiger partial charge >= 0.3 is 0 Å². The fourth-order valence-electron chi connectivity index (χ4n) is 1.57. The second-order valence-corrected chi connectivity index (χ2v) is 7.11. The van der Waals surface area contributed by atoms with E-state index in [-0.39, 0.29) is 0 Å². The molecule has 98 valence electrons. The molecule has 1 atom stereocenters. The fourth-order valence-corrected chi connectivity index (χ4v) is 3.20. The van der Waals surface area contributed by atoms with E-state index in [2.05, 4.69) is 20.3 Å². The Morgan fingerprint density at radius 2 is 1.63 bits per heavy atom. The van der Waals surface area contributed by atoms with Crippen LogP contribution in [0.3, 0.4) is 0 Å². The minimum Gasteiger partial charge on any atom is -0.266 e. The smallest absolute Gasteiger partial charge is 0.266 e. The van der Waals surface area contributed by atoms with E-state index in [1.54, 1.807) is 48.5 Å². The summed E-state index contributed by atoms with van der Waals surface area (Å²) < 4.78 is 17.0. The monoisotopic (exact) mass is 337 g/mol. The van der Waals surface area contributed by atoms with E-state index in [1.807, 2.05) is 6.07 Å². The molecule has 5 heteroatoms. The van der Waals surface area contributed by atoms with Gasteiger partial charge < -0.3 is 0 Å². The third-order valence-electron chi connectivity index (χ3n) is 2.54. The largest absolute Gasteiger partial charge is 0.286 e. The maximum Gasteiger partial charge on any atom is 0.286 e. The van der Waals surface area contributed by atoms with E-state index in [0.29, 0.717) is 14.9 Å². The second-order valence-electron chi connectivity index (χ2n) is 3.99. The van der Waals surface area contributed by atoms with Gasteiger partial charge in [0.15, 0.2) is 0 Å². The molecular formula is C14H12BrNO2S. The van der Waals surface area contributed by atoms with Gasteiger partial charge in [-0.15, -0.1) is 0 Å². The van der Waals surface area contributed by atoms with Gasteiger partial charge in [0.2, 0.25) is 0 Å². The Balaban J connectivity index is 2.45. The van der Waals surface area contributed by atoms with E-state index in [4.69, 9.17) is 0 Å². The quantitative estimate of drug-likeness (QED) is 0.837. The highest BCUT2D eigenvalue weighted by molar-refractivity contribution is 9.10. The Hall–Kier alpha value is -1.46. The molecule has 0 aliphatic carbocycles. The number of carbonyl (C=O) groups is 1. The van der Waals surface area contributed by atoms with Crippen molar-refractivity contribution in [3.63, 3.8) is 0 Å². The molecule has 0 spiro atoms. The van der Waals surface area contributed by atoms with Gasteiger partial charge in [-0.3, -0.25) is 4.79 Å². The number of nitrogens with zero attached hydrogens (tertiary/aromatic N) is 1. The van der Waals surface area contributed by atoms with Crippen LogP contribution in [-0.2, 0) is 9.73 Å². The molecule has 3 nitrogen and oxygen atoms in total. The Morgan fingerprint density at radius 1 is 1.05 bits per heavy atom. The Bertz CT molecular complexity index is 719. The van der Waals surface area contributed by atoms with Crippen LogP contribution < -0.4 is 0 Å². The lowest BCUT2D eigenvalue weighted by molar-refractivity contribution is 0.100. The number of carbonyl (C=O) groups excluding carboxylic acids is 1. The maximum atomic E-state index is 12.5. The first-order chi connectivity index (χ1) is 9.00. The summed E-state index contributed by atoms with van der Waals surface area (Å²) in [7, 11) is -2.72. The molecule has 2 aromatic rings. The molecule has 0 aliphatic rings. The highest BCUT2D eigenvalue weighted by Crippen LogP contribution is 2.19. The van der Waals surface area contributed by atoms with Crippen LogP contribution in [0.25, 0.3) is 0 Å². The highest BCUT2D eigenvalue weighted by Gasteiger charge is 2.12. The molecule has 0 bridgehead atoms. The summed E-state index contributed by atoms with van der Waals surface area (Å²) in [6.45, 7) is 0. The van der Waals surface area contributed by atoms with Crippen LogP contribution in [-0.4, -0.2) is 16.4 Å². The summed E-state index contributed by atoms with van der Waals surface area (Å²) in [6, 6.07) is 15.7. The van der Waals surface area contributed by atoms with Gasteiger partial charge in [0.05, 0.1) is 15.3 Å². The molecule has 0 aromatic heterocycles. The zero-order valence-electron chi connectivity index (χ0n) is 10.2. The summed E-state index contributed by atoms with van der Waals surface area (Å²) in [5, 5.41) is 0. The minimum absolute atomic E-state index is 0.410. The summed E-state index contributed by atoms with van der Waals surface area (Å²) in [5.74, 6) is -0.483. The van der Waals surface area contributed by atoms with Crippen molar-refractivity contribution >= 4 is 31.6 Å². The summed E-state index contributed by atoms with van der Waals surface area (Å²) in [4.78, 5) is 12.6. The first-order valence-electron chi connectivity index (χ1n) is 5.57. The van der Waals surface area contributed by atoms with E-state index >= 15 is 0 Å². The van der Waals surface area contributed by atoms with Crippen LogP contribution >= 0.6 is 15.9 Å². The van der Waals surface area contributed by atoms with Crippen LogP contribution in [0.1, 0.15) is 10.4 Å². The molecule has 0 fully saturated rings. The zero-order chi connectivity index (χ0) is 13.9. The molecule has 0 radical (unpaired) electrons. The van der Waals surface area contributed by atoms with Crippen LogP contribution in [0.5, 0.6) is 0 Å². The van der Waals surface area contributed by atoms with Gasteiger partial charge in [-0.2, -0.15) is 4.36 Å². The van der Waals surface area contributed by atoms with Crippen molar-refractivity contribution in [2.24, 2.45) is 4.36 Å². The van der Waals surface area contributed by atoms with E-state index in [0.717, 1.165) is 0 Å².